The van der Waals surface area contributed by atoms with Crippen LogP contribution in [0.25, 0.3) is 0 Å². The van der Waals surface area contributed by atoms with Crippen molar-refractivity contribution in [3.05, 3.63) is 70.7 Å². The molecular weight excluding hydrogens is 360 g/mol. The van der Waals surface area contributed by atoms with E-state index in [0.29, 0.717) is 31.0 Å². The molecule has 0 radical (unpaired) electrons. The molecule has 1 aliphatic rings. The molecule has 0 spiro atoms. The predicted molar refractivity (Wildman–Crippen MR) is 108 cm³/mol. The molecule has 2 amide bonds. The number of nitrogens with zero attached hydrogens (tertiary/aromatic N) is 1. The van der Waals surface area contributed by atoms with Crippen molar-refractivity contribution < 1.29 is 9.59 Å². The first kappa shape index (κ1) is 19.4. The van der Waals surface area contributed by atoms with E-state index in [0.717, 1.165) is 11.1 Å². The van der Waals surface area contributed by atoms with Crippen LogP contribution in [0.3, 0.4) is 0 Å². The van der Waals surface area contributed by atoms with Crippen LogP contribution in [0.1, 0.15) is 43.9 Å². The molecule has 4 nitrogen and oxygen atoms in total. The first-order valence-electron chi connectivity index (χ1n) is 9.30. The largest absolute Gasteiger partial charge is 0.349 e. The van der Waals surface area contributed by atoms with Crippen LogP contribution in [0.5, 0.6) is 0 Å². The van der Waals surface area contributed by atoms with Crippen LogP contribution >= 0.6 is 11.6 Å². The average Bonchev–Trinajstić information content (AvgIpc) is 2.69. The predicted octanol–water partition coefficient (Wildman–Crippen LogP) is 4.10. The highest BCUT2D eigenvalue weighted by molar-refractivity contribution is 6.30. The molecule has 1 N–H and O–H groups in total. The number of benzene rings is 2. The summed E-state index contributed by atoms with van der Waals surface area (Å²) in [6.45, 7) is 4.74. The van der Waals surface area contributed by atoms with Crippen LogP contribution < -0.4 is 5.32 Å². The van der Waals surface area contributed by atoms with Gasteiger partial charge in [0, 0.05) is 25.0 Å². The molecule has 1 saturated heterocycles. The van der Waals surface area contributed by atoms with E-state index in [-0.39, 0.29) is 17.9 Å². The monoisotopic (exact) mass is 384 g/mol. The Hall–Kier alpha value is -2.33. The summed E-state index contributed by atoms with van der Waals surface area (Å²) in [7, 11) is 0. The third kappa shape index (κ3) is 4.16. The summed E-state index contributed by atoms with van der Waals surface area (Å²) < 4.78 is 0. The number of rotatable bonds is 4. The molecule has 1 fully saturated rings. The summed E-state index contributed by atoms with van der Waals surface area (Å²) in [6, 6.07) is 17.3. The van der Waals surface area contributed by atoms with Gasteiger partial charge in [-0.2, -0.15) is 0 Å². The van der Waals surface area contributed by atoms with Crippen molar-refractivity contribution in [2.24, 2.45) is 0 Å². The molecule has 1 heterocycles. The lowest BCUT2D eigenvalue weighted by molar-refractivity contribution is -0.135. The third-order valence-electron chi connectivity index (χ3n) is 5.54. The van der Waals surface area contributed by atoms with Crippen LogP contribution in [-0.2, 0) is 15.0 Å². The van der Waals surface area contributed by atoms with Gasteiger partial charge in [-0.25, -0.2) is 0 Å². The van der Waals surface area contributed by atoms with Gasteiger partial charge in [-0.05, 0) is 43.0 Å². The van der Waals surface area contributed by atoms with E-state index in [1.54, 1.807) is 6.92 Å². The van der Waals surface area contributed by atoms with Gasteiger partial charge in [0.2, 0.25) is 11.8 Å². The second-order valence-electron chi connectivity index (χ2n) is 7.20. The number of hydrogen-bond donors (Lipinski definition) is 1. The van der Waals surface area contributed by atoms with Gasteiger partial charge in [0.15, 0.2) is 0 Å². The Morgan fingerprint density at radius 3 is 2.19 bits per heavy atom. The van der Waals surface area contributed by atoms with Crippen LogP contribution in [-0.4, -0.2) is 29.8 Å². The van der Waals surface area contributed by atoms with Gasteiger partial charge in [0.25, 0.3) is 0 Å². The molecule has 0 saturated carbocycles. The maximum Gasteiger partial charge on any atom is 0.231 e. The fraction of sp³-hybridized carbons (Fsp3) is 0.364. The van der Waals surface area contributed by atoms with Crippen molar-refractivity contribution in [2.75, 3.05) is 13.1 Å². The Morgan fingerprint density at radius 2 is 1.63 bits per heavy atom. The molecule has 0 aliphatic carbocycles. The summed E-state index contributed by atoms with van der Waals surface area (Å²) in [5, 5.41) is 3.86. The Morgan fingerprint density at radius 1 is 1.04 bits per heavy atom. The Kier molecular flexibility index (Phi) is 5.85. The van der Waals surface area contributed by atoms with Gasteiger partial charge in [0.1, 0.15) is 0 Å². The van der Waals surface area contributed by atoms with Crippen molar-refractivity contribution in [1.82, 2.24) is 10.2 Å². The smallest absolute Gasteiger partial charge is 0.231 e. The maximum absolute atomic E-state index is 13.4. The molecule has 27 heavy (non-hydrogen) atoms. The van der Waals surface area contributed by atoms with Gasteiger partial charge in [-0.1, -0.05) is 54.1 Å². The van der Waals surface area contributed by atoms with Crippen LogP contribution in [0.2, 0.25) is 5.02 Å². The Bertz CT molecular complexity index is 797. The average molecular weight is 385 g/mol. The first-order chi connectivity index (χ1) is 12.9. The summed E-state index contributed by atoms with van der Waals surface area (Å²) >= 11 is 5.97. The van der Waals surface area contributed by atoms with Crippen molar-refractivity contribution >= 4 is 23.4 Å². The van der Waals surface area contributed by atoms with Crippen molar-refractivity contribution in [1.29, 1.82) is 0 Å². The van der Waals surface area contributed by atoms with Gasteiger partial charge < -0.3 is 10.2 Å². The molecule has 2 aromatic rings. The highest BCUT2D eigenvalue weighted by atomic mass is 35.5. The molecule has 1 atom stereocenters. The summed E-state index contributed by atoms with van der Waals surface area (Å²) in [4.78, 5) is 26.9. The standard InChI is InChI=1S/C22H25ClN2O2/c1-16(18-8-10-20(23)11-9-18)24-21(27)22(19-6-4-3-5-7-19)12-14-25(15-13-22)17(2)26/h3-11,16H,12-15H2,1-2H3,(H,24,27). The Labute approximate surface area is 165 Å². The molecule has 142 valence electrons. The highest BCUT2D eigenvalue weighted by Crippen LogP contribution is 2.36. The number of nitrogens with one attached hydrogen (secondary N) is 1. The molecule has 1 unspecified atom stereocenters. The lowest BCUT2D eigenvalue weighted by Crippen LogP contribution is -2.52. The minimum absolute atomic E-state index is 0.0133. The molecule has 1 aliphatic heterocycles. The minimum Gasteiger partial charge on any atom is -0.349 e. The van der Waals surface area contributed by atoms with Gasteiger partial charge >= 0.3 is 0 Å². The lowest BCUT2D eigenvalue weighted by Gasteiger charge is -2.41. The number of piperidine rings is 1. The zero-order valence-electron chi connectivity index (χ0n) is 15.7. The van der Waals surface area contributed by atoms with Crippen molar-refractivity contribution in [3.63, 3.8) is 0 Å². The summed E-state index contributed by atoms with van der Waals surface area (Å²) in [6.07, 6.45) is 1.24. The molecule has 0 bridgehead atoms. The zero-order valence-corrected chi connectivity index (χ0v) is 16.5. The molecule has 3 rings (SSSR count). The van der Waals surface area contributed by atoms with Gasteiger partial charge in [-0.15, -0.1) is 0 Å². The second-order valence-corrected chi connectivity index (χ2v) is 7.64. The topological polar surface area (TPSA) is 49.4 Å². The summed E-state index contributed by atoms with van der Waals surface area (Å²) in [5.74, 6) is 0.0750. The van der Waals surface area contributed by atoms with Crippen molar-refractivity contribution in [2.45, 2.75) is 38.1 Å². The zero-order chi connectivity index (χ0) is 19.4. The van der Waals surface area contributed by atoms with Gasteiger partial charge in [0.05, 0.1) is 11.5 Å². The van der Waals surface area contributed by atoms with Crippen LogP contribution in [0, 0.1) is 0 Å². The number of hydrogen-bond acceptors (Lipinski definition) is 2. The van der Waals surface area contributed by atoms with E-state index < -0.39 is 5.41 Å². The molecule has 0 aromatic heterocycles. The van der Waals surface area contributed by atoms with E-state index in [9.17, 15) is 9.59 Å². The fourth-order valence-corrected chi connectivity index (χ4v) is 3.90. The normalized spacial score (nSPS) is 17.2. The van der Waals surface area contributed by atoms with Gasteiger partial charge in [-0.3, -0.25) is 9.59 Å². The molecule has 2 aromatic carbocycles. The minimum atomic E-state index is -0.617. The summed E-state index contributed by atoms with van der Waals surface area (Å²) in [5.41, 5.74) is 1.40. The quantitative estimate of drug-likeness (QED) is 0.862. The number of carbonyl (C=O) groups excluding carboxylic acids is 2. The van der Waals surface area contributed by atoms with E-state index in [1.165, 1.54) is 0 Å². The number of amides is 2. The third-order valence-corrected chi connectivity index (χ3v) is 5.79. The Balaban J connectivity index is 1.84. The first-order valence-corrected chi connectivity index (χ1v) is 9.68. The highest BCUT2D eigenvalue weighted by Gasteiger charge is 2.43. The molecular formula is C22H25ClN2O2. The van der Waals surface area contributed by atoms with E-state index in [4.69, 9.17) is 11.6 Å². The van der Waals surface area contributed by atoms with Crippen molar-refractivity contribution in [3.8, 4) is 0 Å². The van der Waals surface area contributed by atoms with E-state index in [1.807, 2.05) is 66.4 Å². The maximum atomic E-state index is 13.4. The number of likely N-dealkylation sites (tertiary alicyclic amines) is 1. The number of halogens is 1. The van der Waals surface area contributed by atoms with E-state index in [2.05, 4.69) is 5.32 Å². The lowest BCUT2D eigenvalue weighted by atomic mass is 9.71. The van der Waals surface area contributed by atoms with E-state index >= 15 is 0 Å². The van der Waals surface area contributed by atoms with Crippen LogP contribution in [0.15, 0.2) is 54.6 Å². The second kappa shape index (κ2) is 8.13. The fourth-order valence-electron chi connectivity index (χ4n) is 3.78. The SMILES string of the molecule is CC(=O)N1CCC(C(=O)NC(C)c2ccc(Cl)cc2)(c2ccccc2)CC1. The molecule has 5 heteroatoms. The number of carbonyl (C=O) groups is 2. The van der Waals surface area contributed by atoms with Crippen LogP contribution in [0.4, 0.5) is 0 Å².